The fraction of sp³-hybridized carbons (Fsp3) is 0.250. The van der Waals surface area contributed by atoms with E-state index in [1.165, 1.54) is 33.4 Å². The van der Waals surface area contributed by atoms with E-state index in [1.807, 2.05) is 0 Å². The van der Waals surface area contributed by atoms with Crippen molar-refractivity contribution in [1.82, 2.24) is 0 Å². The van der Waals surface area contributed by atoms with Crippen molar-refractivity contribution in [2.24, 2.45) is 5.73 Å². The second-order valence-electron chi connectivity index (χ2n) is 4.73. The molecule has 1 nitrogen and oxygen atoms in total. The van der Waals surface area contributed by atoms with E-state index in [4.69, 9.17) is 5.73 Å². The molecule has 0 saturated heterocycles. The third kappa shape index (κ3) is 2.56. The Morgan fingerprint density at radius 2 is 1.53 bits per heavy atom. The molecule has 2 N–H and O–H groups in total. The van der Waals surface area contributed by atoms with Crippen LogP contribution in [0.15, 0.2) is 36.4 Å². The lowest BCUT2D eigenvalue weighted by atomic mass is 9.95. The van der Waals surface area contributed by atoms with Gasteiger partial charge in [-0.25, -0.2) is 0 Å². The van der Waals surface area contributed by atoms with Crippen molar-refractivity contribution in [2.75, 3.05) is 0 Å². The lowest BCUT2D eigenvalue weighted by molar-refractivity contribution is 1.07. The minimum atomic E-state index is 0.595. The predicted octanol–water partition coefficient (Wildman–Crippen LogP) is 3.74. The van der Waals surface area contributed by atoms with E-state index in [2.05, 4.69) is 57.2 Å². The fourth-order valence-corrected chi connectivity index (χ4v) is 2.24. The summed E-state index contributed by atoms with van der Waals surface area (Å²) in [6.45, 7) is 7.02. The van der Waals surface area contributed by atoms with Crippen LogP contribution >= 0.6 is 0 Å². The molecule has 0 unspecified atom stereocenters. The maximum Gasteiger partial charge on any atom is 0.0178 e. The molecule has 0 radical (unpaired) electrons. The summed E-state index contributed by atoms with van der Waals surface area (Å²) in [6, 6.07) is 13.1. The average molecular weight is 225 g/mol. The van der Waals surface area contributed by atoms with Crippen molar-refractivity contribution >= 4 is 0 Å². The number of rotatable bonds is 2. The zero-order chi connectivity index (χ0) is 12.4. The van der Waals surface area contributed by atoms with Crippen molar-refractivity contribution in [3.05, 3.63) is 58.7 Å². The largest absolute Gasteiger partial charge is 0.326 e. The molecule has 0 aliphatic carbocycles. The van der Waals surface area contributed by atoms with E-state index in [1.54, 1.807) is 0 Å². The van der Waals surface area contributed by atoms with Crippen LogP contribution in [-0.2, 0) is 6.54 Å². The third-order valence-corrected chi connectivity index (χ3v) is 3.07. The van der Waals surface area contributed by atoms with E-state index in [9.17, 15) is 0 Å². The second-order valence-corrected chi connectivity index (χ2v) is 4.73. The van der Waals surface area contributed by atoms with Crippen molar-refractivity contribution in [3.63, 3.8) is 0 Å². The molecule has 0 bridgehead atoms. The van der Waals surface area contributed by atoms with Gasteiger partial charge in [0.05, 0.1) is 0 Å². The van der Waals surface area contributed by atoms with Crippen LogP contribution in [0.5, 0.6) is 0 Å². The normalized spacial score (nSPS) is 10.6. The van der Waals surface area contributed by atoms with Gasteiger partial charge in [0.2, 0.25) is 0 Å². The van der Waals surface area contributed by atoms with Crippen LogP contribution in [-0.4, -0.2) is 0 Å². The summed E-state index contributed by atoms with van der Waals surface area (Å²) in [4.78, 5) is 0. The Morgan fingerprint density at radius 3 is 2.12 bits per heavy atom. The quantitative estimate of drug-likeness (QED) is 0.828. The van der Waals surface area contributed by atoms with Gasteiger partial charge >= 0.3 is 0 Å². The molecular formula is C16H19N. The van der Waals surface area contributed by atoms with Gasteiger partial charge in [-0.15, -0.1) is 0 Å². The SMILES string of the molecule is Cc1cc(C)cc(-c2cc(CN)ccc2C)c1. The zero-order valence-electron chi connectivity index (χ0n) is 10.7. The van der Waals surface area contributed by atoms with E-state index < -0.39 is 0 Å². The lowest BCUT2D eigenvalue weighted by Crippen LogP contribution is -1.97. The molecule has 0 aromatic heterocycles. The Bertz CT molecular complexity index is 521. The minimum absolute atomic E-state index is 0.595. The highest BCUT2D eigenvalue weighted by atomic mass is 14.5. The fourth-order valence-electron chi connectivity index (χ4n) is 2.24. The summed E-state index contributed by atoms with van der Waals surface area (Å²) in [5.74, 6) is 0. The molecular weight excluding hydrogens is 206 g/mol. The molecule has 2 aromatic rings. The van der Waals surface area contributed by atoms with Crippen LogP contribution in [0.25, 0.3) is 11.1 Å². The van der Waals surface area contributed by atoms with Crippen molar-refractivity contribution in [3.8, 4) is 11.1 Å². The van der Waals surface area contributed by atoms with Crippen LogP contribution in [0, 0.1) is 20.8 Å². The molecule has 0 amide bonds. The Hall–Kier alpha value is -1.60. The monoisotopic (exact) mass is 225 g/mol. The van der Waals surface area contributed by atoms with E-state index in [-0.39, 0.29) is 0 Å². The van der Waals surface area contributed by atoms with Crippen LogP contribution in [0.1, 0.15) is 22.3 Å². The lowest BCUT2D eigenvalue weighted by Gasteiger charge is -2.10. The molecule has 0 saturated carbocycles. The first-order valence-electron chi connectivity index (χ1n) is 5.98. The van der Waals surface area contributed by atoms with Gasteiger partial charge in [0.25, 0.3) is 0 Å². The molecule has 0 fully saturated rings. The standard InChI is InChI=1S/C16H19N/c1-11-6-12(2)8-15(7-11)16-9-14(10-17)5-4-13(16)3/h4-9H,10,17H2,1-3H3. The average Bonchev–Trinajstić information content (AvgIpc) is 2.28. The predicted molar refractivity (Wildman–Crippen MR) is 74.0 cm³/mol. The van der Waals surface area contributed by atoms with Gasteiger partial charge in [0, 0.05) is 6.54 Å². The highest BCUT2D eigenvalue weighted by Gasteiger charge is 2.04. The topological polar surface area (TPSA) is 26.0 Å². The third-order valence-electron chi connectivity index (χ3n) is 3.07. The van der Waals surface area contributed by atoms with Gasteiger partial charge in [0.15, 0.2) is 0 Å². The summed E-state index contributed by atoms with van der Waals surface area (Å²) < 4.78 is 0. The molecule has 2 rings (SSSR count). The number of nitrogens with two attached hydrogens (primary N) is 1. The molecule has 0 heterocycles. The number of aryl methyl sites for hydroxylation is 3. The highest BCUT2D eigenvalue weighted by Crippen LogP contribution is 2.26. The smallest absolute Gasteiger partial charge is 0.0178 e. The van der Waals surface area contributed by atoms with Gasteiger partial charge in [-0.3, -0.25) is 0 Å². The minimum Gasteiger partial charge on any atom is -0.326 e. The molecule has 17 heavy (non-hydrogen) atoms. The maximum atomic E-state index is 5.71. The number of hydrogen-bond donors (Lipinski definition) is 1. The summed E-state index contributed by atoms with van der Waals surface area (Å²) in [5.41, 5.74) is 13.4. The summed E-state index contributed by atoms with van der Waals surface area (Å²) in [6.07, 6.45) is 0. The van der Waals surface area contributed by atoms with Crippen molar-refractivity contribution in [1.29, 1.82) is 0 Å². The van der Waals surface area contributed by atoms with Gasteiger partial charge in [-0.2, -0.15) is 0 Å². The first-order chi connectivity index (χ1) is 8.10. The molecule has 2 aromatic carbocycles. The zero-order valence-corrected chi connectivity index (χ0v) is 10.7. The first kappa shape index (κ1) is 11.9. The molecule has 0 aliphatic rings. The van der Waals surface area contributed by atoms with Crippen molar-refractivity contribution in [2.45, 2.75) is 27.3 Å². The van der Waals surface area contributed by atoms with Gasteiger partial charge in [-0.05, 0) is 49.1 Å². The van der Waals surface area contributed by atoms with Crippen LogP contribution in [0.2, 0.25) is 0 Å². The molecule has 0 atom stereocenters. The van der Waals surface area contributed by atoms with E-state index >= 15 is 0 Å². The van der Waals surface area contributed by atoms with Crippen LogP contribution in [0.3, 0.4) is 0 Å². The molecule has 88 valence electrons. The number of benzene rings is 2. The Balaban J connectivity index is 2.58. The van der Waals surface area contributed by atoms with Crippen molar-refractivity contribution < 1.29 is 0 Å². The summed E-state index contributed by atoms with van der Waals surface area (Å²) in [5, 5.41) is 0. The van der Waals surface area contributed by atoms with Crippen LogP contribution in [0.4, 0.5) is 0 Å². The maximum absolute atomic E-state index is 5.71. The summed E-state index contributed by atoms with van der Waals surface area (Å²) >= 11 is 0. The van der Waals surface area contributed by atoms with Gasteiger partial charge < -0.3 is 5.73 Å². The van der Waals surface area contributed by atoms with Crippen LogP contribution < -0.4 is 5.73 Å². The second kappa shape index (κ2) is 4.72. The van der Waals surface area contributed by atoms with Gasteiger partial charge in [0.1, 0.15) is 0 Å². The molecule has 1 heteroatoms. The Kier molecular flexibility index (Phi) is 3.30. The molecule has 0 aliphatic heterocycles. The van der Waals surface area contributed by atoms with E-state index in [0.29, 0.717) is 6.54 Å². The first-order valence-corrected chi connectivity index (χ1v) is 5.98. The van der Waals surface area contributed by atoms with Gasteiger partial charge in [-0.1, -0.05) is 41.5 Å². The number of hydrogen-bond acceptors (Lipinski definition) is 1. The van der Waals surface area contributed by atoms with E-state index in [0.717, 1.165) is 0 Å². The highest BCUT2D eigenvalue weighted by molar-refractivity contribution is 5.69. The molecule has 0 spiro atoms. The summed E-state index contributed by atoms with van der Waals surface area (Å²) in [7, 11) is 0. The Labute approximate surface area is 103 Å². The Morgan fingerprint density at radius 1 is 0.882 bits per heavy atom.